The lowest BCUT2D eigenvalue weighted by atomic mass is 9.95. The van der Waals surface area contributed by atoms with Crippen LogP contribution in [0.4, 0.5) is 0 Å². The highest BCUT2D eigenvalue weighted by molar-refractivity contribution is 7.21. The molecule has 174 valence electrons. The number of carbonyl (C=O) groups excluding carboxylic acids is 2. The van der Waals surface area contributed by atoms with E-state index in [4.69, 9.17) is 10.2 Å². The van der Waals surface area contributed by atoms with E-state index in [1.807, 2.05) is 59.2 Å². The monoisotopic (exact) mass is 489 g/mol. The van der Waals surface area contributed by atoms with Crippen molar-refractivity contribution >= 4 is 39.6 Å². The normalized spacial score (nSPS) is 15.0. The molecule has 2 aromatic carbocycles. The van der Waals surface area contributed by atoms with Gasteiger partial charge in [-0.1, -0.05) is 30.3 Å². The molecule has 0 fully saturated rings. The van der Waals surface area contributed by atoms with Crippen molar-refractivity contribution in [1.82, 2.24) is 14.5 Å². The van der Waals surface area contributed by atoms with Gasteiger partial charge in [-0.15, -0.1) is 11.3 Å². The van der Waals surface area contributed by atoms with E-state index >= 15 is 0 Å². The first kappa shape index (κ1) is 23.0. The minimum atomic E-state index is -0.570. The summed E-state index contributed by atoms with van der Waals surface area (Å²) in [6.45, 7) is 3.49. The van der Waals surface area contributed by atoms with E-state index in [0.29, 0.717) is 17.0 Å². The second-order valence-corrected chi connectivity index (χ2v) is 9.19. The smallest absolute Gasteiger partial charge is 0.271 e. The summed E-state index contributed by atoms with van der Waals surface area (Å²) in [6.07, 6.45) is 1.66. The zero-order chi connectivity index (χ0) is 25.4. The summed E-state index contributed by atoms with van der Waals surface area (Å²) >= 11 is 1.51. The van der Waals surface area contributed by atoms with Crippen LogP contribution in [0.5, 0.6) is 0 Å². The topological polar surface area (TPSA) is 103 Å². The summed E-state index contributed by atoms with van der Waals surface area (Å²) < 4.78 is 1.96. The fourth-order valence-corrected chi connectivity index (χ4v) is 5.26. The van der Waals surface area contributed by atoms with Gasteiger partial charge < -0.3 is 0 Å². The summed E-state index contributed by atoms with van der Waals surface area (Å²) in [5, 5.41) is 18.7. The lowest BCUT2D eigenvalue weighted by Crippen LogP contribution is -2.42. The molecular weight excluding hydrogens is 470 g/mol. The molecule has 0 N–H and O–H groups in total. The summed E-state index contributed by atoms with van der Waals surface area (Å²) in [6, 6.07) is 23.2. The van der Waals surface area contributed by atoms with Gasteiger partial charge in [0, 0.05) is 22.7 Å². The highest BCUT2D eigenvalue weighted by Crippen LogP contribution is 2.36. The number of hydrogen-bond acceptors (Lipinski definition) is 6. The standard InChI is InChI=1S/C28H19N5O2S/c1-3-32-27(34)21(17(2)22(16-30)28(32)35)13-25-31-26-23(33(25)20-7-5-4-6-8-20)14-24(36-26)19-11-9-18(15-29)10-12-19/h4-14H,3H2,1-2H3/b21-13-. The average Bonchev–Trinajstić information content (AvgIpc) is 3.45. The van der Waals surface area contributed by atoms with E-state index in [1.165, 1.54) is 11.3 Å². The van der Waals surface area contributed by atoms with Gasteiger partial charge in [0.15, 0.2) is 0 Å². The van der Waals surface area contributed by atoms with Crippen LogP contribution >= 0.6 is 11.3 Å². The van der Waals surface area contributed by atoms with E-state index in [0.717, 1.165) is 31.4 Å². The summed E-state index contributed by atoms with van der Waals surface area (Å²) in [5.74, 6) is -0.485. The maximum Gasteiger partial charge on any atom is 0.271 e. The number of hydrogen-bond donors (Lipinski definition) is 0. The molecule has 0 aliphatic carbocycles. The van der Waals surface area contributed by atoms with Crippen molar-refractivity contribution in [3.63, 3.8) is 0 Å². The first-order valence-electron chi connectivity index (χ1n) is 11.2. The number of amides is 2. The molecule has 4 aromatic rings. The fourth-order valence-electron chi connectivity index (χ4n) is 4.23. The third kappa shape index (κ3) is 3.70. The Bertz CT molecular complexity index is 1680. The number of thiophene rings is 1. The Morgan fingerprint density at radius 3 is 2.36 bits per heavy atom. The summed E-state index contributed by atoms with van der Waals surface area (Å²) in [5.41, 5.74) is 3.89. The van der Waals surface area contributed by atoms with Crippen LogP contribution in [0.2, 0.25) is 0 Å². The number of imidazole rings is 1. The van der Waals surface area contributed by atoms with E-state index in [9.17, 15) is 14.9 Å². The maximum atomic E-state index is 13.2. The number of carbonyl (C=O) groups is 2. The number of nitrogens with zero attached hydrogens (tertiary/aromatic N) is 5. The third-order valence-corrected chi connectivity index (χ3v) is 7.17. The van der Waals surface area contributed by atoms with Crippen LogP contribution in [-0.4, -0.2) is 32.8 Å². The third-order valence-electron chi connectivity index (χ3n) is 6.11. The summed E-state index contributed by atoms with van der Waals surface area (Å²) in [4.78, 5) is 33.4. The Morgan fingerprint density at radius 1 is 1.00 bits per heavy atom. The van der Waals surface area contributed by atoms with Gasteiger partial charge in [0.25, 0.3) is 11.8 Å². The highest BCUT2D eigenvalue weighted by atomic mass is 32.1. The minimum Gasteiger partial charge on any atom is -0.292 e. The van der Waals surface area contributed by atoms with Gasteiger partial charge >= 0.3 is 0 Å². The quantitative estimate of drug-likeness (QED) is 0.288. The molecule has 0 spiro atoms. The largest absolute Gasteiger partial charge is 0.292 e. The zero-order valence-corrected chi connectivity index (χ0v) is 20.3. The molecule has 0 radical (unpaired) electrons. The number of aromatic nitrogens is 2. The maximum absolute atomic E-state index is 13.2. The molecule has 3 heterocycles. The molecule has 2 aromatic heterocycles. The van der Waals surface area contributed by atoms with E-state index in [-0.39, 0.29) is 17.7 Å². The molecule has 8 heteroatoms. The second-order valence-electron chi connectivity index (χ2n) is 8.16. The lowest BCUT2D eigenvalue weighted by Gasteiger charge is -2.26. The van der Waals surface area contributed by atoms with Crippen LogP contribution in [0.3, 0.4) is 0 Å². The van der Waals surface area contributed by atoms with Crippen LogP contribution in [0.25, 0.3) is 32.6 Å². The molecular formula is C28H19N5O2S. The van der Waals surface area contributed by atoms with Crippen molar-refractivity contribution in [3.8, 4) is 28.3 Å². The van der Waals surface area contributed by atoms with Crippen molar-refractivity contribution in [3.05, 3.63) is 88.8 Å². The van der Waals surface area contributed by atoms with Crippen LogP contribution in [0, 0.1) is 22.7 Å². The predicted molar refractivity (Wildman–Crippen MR) is 138 cm³/mol. The first-order valence-corrected chi connectivity index (χ1v) is 12.1. The number of likely N-dealkylation sites (N-methyl/N-ethyl adjacent to an activating group) is 1. The number of imide groups is 1. The van der Waals surface area contributed by atoms with Crippen LogP contribution in [0.15, 0.2) is 77.4 Å². The molecule has 2 amide bonds. The van der Waals surface area contributed by atoms with Gasteiger partial charge in [-0.25, -0.2) is 4.98 Å². The molecule has 7 nitrogen and oxygen atoms in total. The molecule has 36 heavy (non-hydrogen) atoms. The second kappa shape index (κ2) is 9.10. The molecule has 0 atom stereocenters. The van der Waals surface area contributed by atoms with Gasteiger partial charge in [0.1, 0.15) is 22.3 Å². The van der Waals surface area contributed by atoms with Crippen LogP contribution in [-0.2, 0) is 9.59 Å². The van der Waals surface area contributed by atoms with Crippen molar-refractivity contribution in [2.24, 2.45) is 0 Å². The number of rotatable bonds is 4. The van der Waals surface area contributed by atoms with Crippen molar-refractivity contribution in [2.75, 3.05) is 6.54 Å². The van der Waals surface area contributed by atoms with Gasteiger partial charge in [-0.2, -0.15) is 10.5 Å². The molecule has 5 rings (SSSR count). The Hall–Kier alpha value is -4.79. The molecule has 1 aliphatic rings. The van der Waals surface area contributed by atoms with Crippen molar-refractivity contribution in [1.29, 1.82) is 10.5 Å². The first-order chi connectivity index (χ1) is 17.5. The molecule has 0 unspecified atom stereocenters. The molecule has 0 bridgehead atoms. The van der Waals surface area contributed by atoms with Gasteiger partial charge in [-0.05, 0) is 61.4 Å². The van der Waals surface area contributed by atoms with Crippen LogP contribution < -0.4 is 0 Å². The van der Waals surface area contributed by atoms with Gasteiger partial charge in [0.05, 0.1) is 17.1 Å². The Balaban J connectivity index is 1.71. The van der Waals surface area contributed by atoms with Crippen molar-refractivity contribution in [2.45, 2.75) is 13.8 Å². The lowest BCUT2D eigenvalue weighted by molar-refractivity contribution is -0.140. The van der Waals surface area contributed by atoms with Crippen LogP contribution in [0.1, 0.15) is 25.2 Å². The molecule has 1 aliphatic heterocycles. The van der Waals surface area contributed by atoms with Crippen molar-refractivity contribution < 1.29 is 9.59 Å². The number of fused-ring (bicyclic) bond motifs is 1. The summed E-state index contributed by atoms with van der Waals surface area (Å²) in [7, 11) is 0. The average molecular weight is 490 g/mol. The van der Waals surface area contributed by atoms with Gasteiger partial charge in [-0.3, -0.25) is 19.1 Å². The predicted octanol–water partition coefficient (Wildman–Crippen LogP) is 5.24. The highest BCUT2D eigenvalue weighted by Gasteiger charge is 2.34. The Morgan fingerprint density at radius 2 is 1.72 bits per heavy atom. The van der Waals surface area contributed by atoms with Gasteiger partial charge in [0.2, 0.25) is 0 Å². The number of para-hydroxylation sites is 1. The SMILES string of the molecule is CCN1C(=O)C(C#N)=C(C)/C(=C/c2nc3sc(-c4ccc(C#N)cc4)cc3n2-c2ccccc2)C1=O. The molecule has 0 saturated carbocycles. The zero-order valence-electron chi connectivity index (χ0n) is 19.5. The number of nitriles is 2. The van der Waals surface area contributed by atoms with E-state index in [2.05, 4.69) is 6.07 Å². The van der Waals surface area contributed by atoms with E-state index in [1.54, 1.807) is 32.1 Å². The molecule has 0 saturated heterocycles. The Labute approximate surface area is 211 Å². The Kier molecular flexibility index (Phi) is 5.81. The van der Waals surface area contributed by atoms with E-state index < -0.39 is 11.8 Å². The minimum absolute atomic E-state index is 0.0366. The number of benzene rings is 2. The fraction of sp³-hybridized carbons (Fsp3) is 0.107.